The first-order valence-electron chi connectivity index (χ1n) is 5.82. The van der Waals surface area contributed by atoms with Gasteiger partial charge in [0, 0.05) is 6.54 Å². The van der Waals surface area contributed by atoms with Crippen molar-refractivity contribution in [2.24, 2.45) is 0 Å². The molecule has 0 spiro atoms. The molecule has 0 heterocycles. The Morgan fingerprint density at radius 3 is 2.53 bits per heavy atom. The second-order valence-electron chi connectivity index (χ2n) is 4.31. The smallest absolute Gasteiger partial charge is 0.241 e. The monoisotopic (exact) mass is 277 g/mol. The van der Waals surface area contributed by atoms with E-state index in [-0.39, 0.29) is 17.2 Å². The first kappa shape index (κ1) is 13.6. The molecule has 0 aromatic heterocycles. The van der Waals surface area contributed by atoms with E-state index in [1.807, 2.05) is 31.2 Å². The van der Waals surface area contributed by atoms with Crippen LogP contribution in [-0.4, -0.2) is 13.5 Å². The molecule has 4 nitrogen and oxygen atoms in total. The topological polar surface area (TPSA) is 66.4 Å². The largest absolute Gasteiger partial charge is 0.508 e. The molecule has 2 N–H and O–H groups in total. The van der Waals surface area contributed by atoms with Crippen molar-refractivity contribution in [1.29, 1.82) is 0 Å². The summed E-state index contributed by atoms with van der Waals surface area (Å²) >= 11 is 0. The van der Waals surface area contributed by atoms with E-state index in [2.05, 4.69) is 4.72 Å². The van der Waals surface area contributed by atoms with Gasteiger partial charge >= 0.3 is 0 Å². The zero-order chi connectivity index (χ0) is 13.9. The average molecular weight is 277 g/mol. The fourth-order valence-electron chi connectivity index (χ4n) is 1.73. The molecule has 19 heavy (non-hydrogen) atoms. The molecule has 0 radical (unpaired) electrons. The van der Waals surface area contributed by atoms with Gasteiger partial charge in [-0.1, -0.05) is 35.9 Å². The van der Waals surface area contributed by atoms with E-state index in [0.717, 1.165) is 11.1 Å². The summed E-state index contributed by atoms with van der Waals surface area (Å²) in [5.74, 6) is -0.0709. The lowest BCUT2D eigenvalue weighted by molar-refractivity contribution is 0.473. The minimum Gasteiger partial charge on any atom is -0.508 e. The molecule has 0 bridgehead atoms. The maximum absolute atomic E-state index is 12.0. The Morgan fingerprint density at radius 1 is 1.11 bits per heavy atom. The number of aromatic hydroxyl groups is 1. The fraction of sp³-hybridized carbons (Fsp3) is 0.143. The predicted molar refractivity (Wildman–Crippen MR) is 73.3 cm³/mol. The van der Waals surface area contributed by atoms with Crippen molar-refractivity contribution < 1.29 is 13.5 Å². The van der Waals surface area contributed by atoms with Crippen LogP contribution in [-0.2, 0) is 16.6 Å². The van der Waals surface area contributed by atoms with E-state index in [9.17, 15) is 13.5 Å². The lowest BCUT2D eigenvalue weighted by atomic mass is 10.1. The number of benzene rings is 2. The van der Waals surface area contributed by atoms with Gasteiger partial charge in [0.2, 0.25) is 10.0 Å². The molecule has 0 saturated carbocycles. The molecule has 0 aliphatic heterocycles. The third kappa shape index (κ3) is 3.56. The molecule has 0 amide bonds. The van der Waals surface area contributed by atoms with E-state index in [0.29, 0.717) is 0 Å². The second kappa shape index (κ2) is 5.42. The van der Waals surface area contributed by atoms with Crippen LogP contribution in [0.1, 0.15) is 11.1 Å². The Kier molecular flexibility index (Phi) is 3.87. The number of phenols is 1. The Balaban J connectivity index is 2.14. The van der Waals surface area contributed by atoms with Gasteiger partial charge in [-0.25, -0.2) is 13.1 Å². The number of nitrogens with one attached hydrogen (secondary N) is 1. The molecule has 0 saturated heterocycles. The van der Waals surface area contributed by atoms with Crippen molar-refractivity contribution in [3.63, 3.8) is 0 Å². The van der Waals surface area contributed by atoms with E-state index in [1.54, 1.807) is 0 Å². The summed E-state index contributed by atoms with van der Waals surface area (Å²) in [5.41, 5.74) is 1.97. The summed E-state index contributed by atoms with van der Waals surface area (Å²) in [5, 5.41) is 9.31. The Hall–Kier alpha value is -1.85. The summed E-state index contributed by atoms with van der Waals surface area (Å²) in [6.45, 7) is 2.17. The zero-order valence-electron chi connectivity index (χ0n) is 10.5. The number of sulfonamides is 1. The Labute approximate surface area is 112 Å². The summed E-state index contributed by atoms with van der Waals surface area (Å²) in [7, 11) is -3.60. The molecule has 0 aliphatic carbocycles. The number of hydrogen-bond donors (Lipinski definition) is 2. The normalized spacial score (nSPS) is 11.4. The molecule has 2 aromatic rings. The number of phenolic OH excluding ortho intramolecular Hbond substituents is 1. The Bertz CT molecular complexity index is 681. The van der Waals surface area contributed by atoms with Crippen LogP contribution < -0.4 is 4.72 Å². The summed E-state index contributed by atoms with van der Waals surface area (Å²) in [6.07, 6.45) is 0. The highest BCUT2D eigenvalue weighted by atomic mass is 32.2. The quantitative estimate of drug-likeness (QED) is 0.900. The highest BCUT2D eigenvalue weighted by Crippen LogP contribution is 2.16. The molecule has 2 aromatic carbocycles. The Morgan fingerprint density at radius 2 is 1.84 bits per heavy atom. The second-order valence-corrected chi connectivity index (χ2v) is 6.08. The molecule has 0 atom stereocenters. The number of rotatable bonds is 4. The van der Waals surface area contributed by atoms with Crippen LogP contribution in [0.5, 0.6) is 5.75 Å². The van der Waals surface area contributed by atoms with Gasteiger partial charge in [-0.3, -0.25) is 0 Å². The molecule has 5 heteroatoms. The SMILES string of the molecule is Cc1cccc(CNS(=O)(=O)c2cccc(O)c2)c1. The van der Waals surface area contributed by atoms with Crippen LogP contribution in [0.4, 0.5) is 0 Å². The maximum Gasteiger partial charge on any atom is 0.241 e. The van der Waals surface area contributed by atoms with Crippen LogP contribution in [0.25, 0.3) is 0 Å². The average Bonchev–Trinajstić information content (AvgIpc) is 2.37. The maximum atomic E-state index is 12.0. The van der Waals surface area contributed by atoms with Crippen LogP contribution >= 0.6 is 0 Å². The molecule has 0 aliphatic rings. The molecular weight excluding hydrogens is 262 g/mol. The highest BCUT2D eigenvalue weighted by molar-refractivity contribution is 7.89. The third-order valence-electron chi connectivity index (χ3n) is 2.68. The first-order chi connectivity index (χ1) is 8.97. The molecular formula is C14H15NO3S. The lowest BCUT2D eigenvalue weighted by Crippen LogP contribution is -2.23. The molecule has 100 valence electrons. The van der Waals surface area contributed by atoms with Crippen molar-refractivity contribution in [3.05, 3.63) is 59.7 Å². The first-order valence-corrected chi connectivity index (χ1v) is 7.30. The number of hydrogen-bond acceptors (Lipinski definition) is 3. The van der Waals surface area contributed by atoms with Crippen molar-refractivity contribution in [2.75, 3.05) is 0 Å². The van der Waals surface area contributed by atoms with Crippen molar-refractivity contribution in [3.8, 4) is 5.75 Å². The van der Waals surface area contributed by atoms with Gasteiger partial charge in [-0.2, -0.15) is 0 Å². The van der Waals surface area contributed by atoms with Crippen LogP contribution in [0.3, 0.4) is 0 Å². The zero-order valence-corrected chi connectivity index (χ0v) is 11.3. The van der Waals surface area contributed by atoms with E-state index in [1.165, 1.54) is 24.3 Å². The van der Waals surface area contributed by atoms with Gasteiger partial charge in [0.05, 0.1) is 4.90 Å². The highest BCUT2D eigenvalue weighted by Gasteiger charge is 2.13. The van der Waals surface area contributed by atoms with Crippen LogP contribution in [0.2, 0.25) is 0 Å². The van der Waals surface area contributed by atoms with E-state index in [4.69, 9.17) is 0 Å². The summed E-state index contributed by atoms with van der Waals surface area (Å²) in [6, 6.07) is 13.2. The molecule has 0 fully saturated rings. The summed E-state index contributed by atoms with van der Waals surface area (Å²) in [4.78, 5) is 0.0557. The number of aryl methyl sites for hydroxylation is 1. The fourth-order valence-corrected chi connectivity index (χ4v) is 2.79. The van der Waals surface area contributed by atoms with Gasteiger partial charge in [0.1, 0.15) is 5.75 Å². The van der Waals surface area contributed by atoms with E-state index < -0.39 is 10.0 Å². The van der Waals surface area contributed by atoms with Crippen molar-refractivity contribution >= 4 is 10.0 Å². The lowest BCUT2D eigenvalue weighted by Gasteiger charge is -2.07. The van der Waals surface area contributed by atoms with Gasteiger partial charge in [-0.15, -0.1) is 0 Å². The summed E-state index contributed by atoms with van der Waals surface area (Å²) < 4.78 is 26.5. The van der Waals surface area contributed by atoms with Gasteiger partial charge in [-0.05, 0) is 30.7 Å². The molecule has 0 unspecified atom stereocenters. The van der Waals surface area contributed by atoms with Crippen molar-refractivity contribution in [1.82, 2.24) is 4.72 Å². The van der Waals surface area contributed by atoms with Gasteiger partial charge < -0.3 is 5.11 Å². The van der Waals surface area contributed by atoms with Gasteiger partial charge in [0.15, 0.2) is 0 Å². The van der Waals surface area contributed by atoms with Crippen LogP contribution in [0.15, 0.2) is 53.4 Å². The molecule has 2 rings (SSSR count). The van der Waals surface area contributed by atoms with Crippen molar-refractivity contribution in [2.45, 2.75) is 18.4 Å². The van der Waals surface area contributed by atoms with E-state index >= 15 is 0 Å². The van der Waals surface area contributed by atoms with Crippen LogP contribution in [0, 0.1) is 6.92 Å². The minimum absolute atomic E-state index is 0.0557. The standard InChI is InChI=1S/C14H15NO3S/c1-11-4-2-5-12(8-11)10-15-19(17,18)14-7-3-6-13(16)9-14/h2-9,15-16H,10H2,1H3. The predicted octanol–water partition coefficient (Wildman–Crippen LogP) is 2.18. The van der Waals surface area contributed by atoms with Gasteiger partial charge in [0.25, 0.3) is 0 Å². The third-order valence-corrected chi connectivity index (χ3v) is 4.08. The minimum atomic E-state index is -3.60.